The van der Waals surface area contributed by atoms with Crippen LogP contribution in [0, 0.1) is 5.92 Å². The molecule has 3 aromatic carbocycles. The Morgan fingerprint density at radius 2 is 1.54 bits per heavy atom. The molecule has 0 saturated carbocycles. The van der Waals surface area contributed by atoms with Gasteiger partial charge in [0.05, 0.1) is 27.0 Å². The summed E-state index contributed by atoms with van der Waals surface area (Å²) in [5.74, 6) is 0.261. The van der Waals surface area contributed by atoms with E-state index < -0.39 is 29.3 Å². The van der Waals surface area contributed by atoms with E-state index in [0.29, 0.717) is 59.1 Å². The van der Waals surface area contributed by atoms with Crippen LogP contribution in [0.5, 0.6) is 34.5 Å². The van der Waals surface area contributed by atoms with E-state index >= 15 is 0 Å². The SMILES string of the molecule is COc1cc(-c2c3n(c4c(=O)oc5cc(OC(=O)[C@H](CC(C)C)NC(=O)OC(C)(C)C)c(OC)cc5c24)CCc2cc(OC=O)c(OC)cc2-3)ccc1OC=O. The van der Waals surface area contributed by atoms with Gasteiger partial charge in [0.25, 0.3) is 12.9 Å². The van der Waals surface area contributed by atoms with Gasteiger partial charge in [-0.3, -0.25) is 9.59 Å². The monoisotopic (exact) mass is 770 g/mol. The van der Waals surface area contributed by atoms with Crippen molar-refractivity contribution >= 4 is 46.9 Å². The van der Waals surface area contributed by atoms with E-state index in [2.05, 4.69) is 5.32 Å². The number of esters is 1. The second kappa shape index (κ2) is 15.7. The maximum atomic E-state index is 14.1. The van der Waals surface area contributed by atoms with Crippen molar-refractivity contribution in [3.8, 4) is 56.9 Å². The minimum absolute atomic E-state index is 0.00138. The van der Waals surface area contributed by atoms with Crippen molar-refractivity contribution in [3.05, 3.63) is 58.4 Å². The van der Waals surface area contributed by atoms with Gasteiger partial charge in [0.15, 0.2) is 34.5 Å². The number of nitrogens with zero attached hydrogens (tertiary/aromatic N) is 1. The number of fused-ring (bicyclic) bond motifs is 7. The standard InChI is InChI=1S/C41H42N2O13/c1-21(2)13-26(42-40(48)56-41(3,4)5)38(46)55-33-18-28-25(17-31(33)51-8)35-34(23-9-10-27(52-19-44)29(15-23)49-6)36-24-16-30(50-7)32(53-20-45)14-22(24)11-12-43(36)37(35)39(47)54-28/h9-10,14-21,26H,11-13H2,1-8H3,(H,42,48)/t26-/m0/s1. The van der Waals surface area contributed by atoms with Crippen LogP contribution in [0.1, 0.15) is 46.6 Å². The molecular weight excluding hydrogens is 728 g/mol. The van der Waals surface area contributed by atoms with E-state index in [1.54, 1.807) is 57.2 Å². The number of aryl methyl sites for hydroxylation is 2. The summed E-state index contributed by atoms with van der Waals surface area (Å²) in [7, 11) is 4.29. The molecule has 0 bridgehead atoms. The highest BCUT2D eigenvalue weighted by molar-refractivity contribution is 6.17. The van der Waals surface area contributed by atoms with Gasteiger partial charge in [-0.05, 0) is 81.0 Å². The summed E-state index contributed by atoms with van der Waals surface area (Å²) in [5.41, 5.74) is 2.19. The van der Waals surface area contributed by atoms with E-state index in [4.69, 9.17) is 37.6 Å². The Hall–Kier alpha value is -6.51. The lowest BCUT2D eigenvalue weighted by Gasteiger charge is -2.24. The minimum Gasteiger partial charge on any atom is -0.493 e. The molecule has 15 nitrogen and oxygen atoms in total. The van der Waals surface area contributed by atoms with E-state index in [9.17, 15) is 24.0 Å². The number of nitrogens with one attached hydrogen (secondary N) is 1. The van der Waals surface area contributed by atoms with Crippen molar-refractivity contribution in [1.29, 1.82) is 0 Å². The third kappa shape index (κ3) is 7.56. The van der Waals surface area contributed by atoms with Crippen molar-refractivity contribution < 1.29 is 56.8 Å². The Bertz CT molecular complexity index is 2420. The quantitative estimate of drug-likeness (QED) is 0.0588. The van der Waals surface area contributed by atoms with Crippen molar-refractivity contribution in [3.63, 3.8) is 0 Å². The van der Waals surface area contributed by atoms with Crippen LogP contribution in [0.2, 0.25) is 0 Å². The number of carbonyl (C=O) groups is 4. The summed E-state index contributed by atoms with van der Waals surface area (Å²) in [4.78, 5) is 63.1. The fourth-order valence-corrected chi connectivity index (χ4v) is 6.94. The van der Waals surface area contributed by atoms with E-state index in [1.807, 2.05) is 18.4 Å². The molecule has 1 atom stereocenters. The van der Waals surface area contributed by atoms with E-state index in [-0.39, 0.29) is 57.9 Å². The van der Waals surface area contributed by atoms with Crippen molar-refractivity contribution in [1.82, 2.24) is 9.88 Å². The van der Waals surface area contributed by atoms with Crippen LogP contribution in [0.3, 0.4) is 0 Å². The fraction of sp³-hybridized carbons (Fsp3) is 0.341. The Morgan fingerprint density at radius 3 is 2.18 bits per heavy atom. The van der Waals surface area contributed by atoms with Gasteiger partial charge in [-0.15, -0.1) is 0 Å². The number of methoxy groups -OCH3 is 3. The largest absolute Gasteiger partial charge is 0.493 e. The minimum atomic E-state index is -1.07. The third-order valence-corrected chi connectivity index (χ3v) is 9.14. The van der Waals surface area contributed by atoms with Gasteiger partial charge in [0.1, 0.15) is 22.7 Å². The number of aromatic nitrogens is 1. The molecule has 294 valence electrons. The van der Waals surface area contributed by atoms with E-state index in [0.717, 1.165) is 5.56 Å². The molecule has 0 unspecified atom stereocenters. The first-order valence-corrected chi connectivity index (χ1v) is 17.7. The van der Waals surface area contributed by atoms with Crippen LogP contribution in [0.15, 0.2) is 51.7 Å². The number of hydrogen-bond acceptors (Lipinski definition) is 13. The summed E-state index contributed by atoms with van der Waals surface area (Å²) in [5, 5.41) is 3.54. The molecule has 0 saturated heterocycles. The highest BCUT2D eigenvalue weighted by Gasteiger charge is 2.32. The molecule has 6 rings (SSSR count). The average molecular weight is 771 g/mol. The maximum absolute atomic E-state index is 14.1. The van der Waals surface area contributed by atoms with Gasteiger partial charge < -0.3 is 47.5 Å². The van der Waals surface area contributed by atoms with E-state index in [1.165, 1.54) is 27.4 Å². The van der Waals surface area contributed by atoms with Crippen molar-refractivity contribution in [2.45, 2.75) is 65.6 Å². The van der Waals surface area contributed by atoms with Gasteiger partial charge in [-0.2, -0.15) is 0 Å². The molecule has 5 aromatic rings. The van der Waals surface area contributed by atoms with Gasteiger partial charge in [-0.1, -0.05) is 19.9 Å². The Labute approximate surface area is 321 Å². The van der Waals surface area contributed by atoms with Crippen LogP contribution in [0.4, 0.5) is 4.79 Å². The number of ether oxygens (including phenoxy) is 7. The molecule has 0 radical (unpaired) electrons. The lowest BCUT2D eigenvalue weighted by Crippen LogP contribution is -2.45. The predicted molar refractivity (Wildman–Crippen MR) is 204 cm³/mol. The number of amides is 1. The Balaban J connectivity index is 1.59. The number of carbonyl (C=O) groups excluding carboxylic acids is 4. The van der Waals surface area contributed by atoms with Crippen LogP contribution in [-0.4, -0.2) is 62.5 Å². The number of alkyl carbamates (subject to hydrolysis) is 1. The first-order chi connectivity index (χ1) is 26.7. The molecule has 3 heterocycles. The molecule has 0 aliphatic carbocycles. The Morgan fingerprint density at radius 1 is 0.875 bits per heavy atom. The zero-order chi connectivity index (χ0) is 40.5. The molecular formula is C41H42N2O13. The molecule has 1 aliphatic rings. The molecule has 1 amide bonds. The molecule has 0 fully saturated rings. The second-order valence-corrected chi connectivity index (χ2v) is 14.4. The molecule has 2 aromatic heterocycles. The Kier molecular flexibility index (Phi) is 11.0. The zero-order valence-electron chi connectivity index (χ0n) is 32.2. The van der Waals surface area contributed by atoms with Crippen molar-refractivity contribution in [2.24, 2.45) is 5.92 Å². The molecule has 15 heteroatoms. The lowest BCUT2D eigenvalue weighted by atomic mass is 9.91. The first-order valence-electron chi connectivity index (χ1n) is 17.7. The third-order valence-electron chi connectivity index (χ3n) is 9.14. The lowest BCUT2D eigenvalue weighted by molar-refractivity contribution is -0.137. The smallest absolute Gasteiger partial charge is 0.408 e. The average Bonchev–Trinajstić information content (AvgIpc) is 3.50. The number of hydrogen-bond donors (Lipinski definition) is 1. The molecule has 1 aliphatic heterocycles. The van der Waals surface area contributed by atoms with Crippen LogP contribution in [-0.2, 0) is 32.1 Å². The van der Waals surface area contributed by atoms with Crippen LogP contribution >= 0.6 is 0 Å². The maximum Gasteiger partial charge on any atom is 0.408 e. The highest BCUT2D eigenvalue weighted by atomic mass is 16.6. The summed E-state index contributed by atoms with van der Waals surface area (Å²) >= 11 is 0. The van der Waals surface area contributed by atoms with Gasteiger partial charge in [-0.25, -0.2) is 14.4 Å². The highest BCUT2D eigenvalue weighted by Crippen LogP contribution is 2.50. The summed E-state index contributed by atoms with van der Waals surface area (Å²) in [6.07, 6.45) is -0.0678. The van der Waals surface area contributed by atoms with Crippen LogP contribution < -0.4 is 39.4 Å². The molecule has 1 N–H and O–H groups in total. The summed E-state index contributed by atoms with van der Waals surface area (Å²) in [6, 6.07) is 10.4. The van der Waals surface area contributed by atoms with Crippen molar-refractivity contribution in [2.75, 3.05) is 21.3 Å². The number of benzene rings is 3. The zero-order valence-corrected chi connectivity index (χ0v) is 32.2. The summed E-state index contributed by atoms with van der Waals surface area (Å²) in [6.45, 7) is 9.89. The normalized spacial score (nSPS) is 12.7. The van der Waals surface area contributed by atoms with Gasteiger partial charge in [0.2, 0.25) is 0 Å². The second-order valence-electron chi connectivity index (χ2n) is 14.4. The van der Waals surface area contributed by atoms with Crippen LogP contribution in [0.25, 0.3) is 44.3 Å². The topological polar surface area (TPSA) is 180 Å². The number of rotatable bonds is 13. The molecule has 0 spiro atoms. The fourth-order valence-electron chi connectivity index (χ4n) is 6.94. The van der Waals surface area contributed by atoms with Gasteiger partial charge >= 0.3 is 17.7 Å². The molecule has 56 heavy (non-hydrogen) atoms. The first kappa shape index (κ1) is 39.2. The van der Waals surface area contributed by atoms with Gasteiger partial charge in [0, 0.05) is 34.5 Å². The predicted octanol–water partition coefficient (Wildman–Crippen LogP) is 6.58. The summed E-state index contributed by atoms with van der Waals surface area (Å²) < 4.78 is 46.3.